The Morgan fingerprint density at radius 2 is 1.65 bits per heavy atom. The second-order valence-corrected chi connectivity index (χ2v) is 19.6. The van der Waals surface area contributed by atoms with Gasteiger partial charge in [0.1, 0.15) is 6.04 Å². The molecule has 0 aliphatic carbocycles. The molecule has 356 valence electrons. The Balaban J connectivity index is 0.713. The number of nitrogens with zero attached hydrogens (tertiary/aromatic N) is 4. The van der Waals surface area contributed by atoms with Crippen molar-refractivity contribution in [3.8, 4) is 11.8 Å². The van der Waals surface area contributed by atoms with Crippen molar-refractivity contribution in [1.29, 1.82) is 0 Å². The van der Waals surface area contributed by atoms with Crippen molar-refractivity contribution in [1.82, 2.24) is 34.9 Å². The summed E-state index contributed by atoms with van der Waals surface area (Å²) in [6.07, 6.45) is 9.01. The van der Waals surface area contributed by atoms with Crippen LogP contribution >= 0.6 is 0 Å². The first-order valence-electron chi connectivity index (χ1n) is 25.0. The second-order valence-electron chi connectivity index (χ2n) is 19.6. The van der Waals surface area contributed by atoms with Gasteiger partial charge in [0, 0.05) is 68.3 Å². The maximum absolute atomic E-state index is 13.7. The van der Waals surface area contributed by atoms with E-state index in [9.17, 15) is 24.0 Å². The first-order chi connectivity index (χ1) is 33.0. The van der Waals surface area contributed by atoms with Crippen molar-refractivity contribution in [2.45, 2.75) is 109 Å². The summed E-state index contributed by atoms with van der Waals surface area (Å²) in [6.45, 7) is 10.5. The maximum atomic E-state index is 13.7. The summed E-state index contributed by atoms with van der Waals surface area (Å²) in [5.74, 6) is 7.19. The van der Waals surface area contributed by atoms with Gasteiger partial charge in [-0.2, -0.15) is 0 Å². The summed E-state index contributed by atoms with van der Waals surface area (Å²) >= 11 is 0. The number of hydrogen-bond acceptors (Lipinski definition) is 8. The third kappa shape index (κ3) is 10.4. The van der Waals surface area contributed by atoms with Gasteiger partial charge in [0.15, 0.2) is 0 Å². The van der Waals surface area contributed by atoms with Gasteiger partial charge in [-0.1, -0.05) is 54.3 Å². The van der Waals surface area contributed by atoms with Crippen LogP contribution in [0.3, 0.4) is 0 Å². The van der Waals surface area contributed by atoms with Gasteiger partial charge in [-0.3, -0.25) is 33.6 Å². The minimum Gasteiger partial charge on any atom is -0.381 e. The van der Waals surface area contributed by atoms with E-state index in [1.54, 1.807) is 11.6 Å². The Morgan fingerprint density at radius 1 is 0.853 bits per heavy atom. The molecular weight excluding hydrogens is 853 g/mol. The van der Waals surface area contributed by atoms with Gasteiger partial charge in [-0.15, -0.1) is 0 Å². The topological polar surface area (TPSA) is 150 Å². The molecule has 68 heavy (non-hydrogen) atoms. The third-order valence-corrected chi connectivity index (χ3v) is 15.0. The second kappa shape index (κ2) is 21.0. The SMILES string of the molecule is Cc1ccc(N[C@@H]2CCCNC2)cc1C(=O)N[C@H](C)c1ccc(C#CC2CCN(CCCCC(=O)N3CCC(c4ccc5c(c4)n(C)c(=O)n5C4CCC(=O)NC4=O)CC3)CC2)c2ccccc12. The Morgan fingerprint density at radius 3 is 2.41 bits per heavy atom. The molecule has 4 N–H and O–H groups in total. The minimum absolute atomic E-state index is 0.0758. The average molecular weight is 919 g/mol. The molecular formula is C55H66N8O5. The molecule has 0 spiro atoms. The van der Waals surface area contributed by atoms with Crippen molar-refractivity contribution < 1.29 is 19.2 Å². The van der Waals surface area contributed by atoms with Crippen LogP contribution in [-0.2, 0) is 21.4 Å². The lowest BCUT2D eigenvalue weighted by Crippen LogP contribution is -2.44. The summed E-state index contributed by atoms with van der Waals surface area (Å²) in [5, 5.41) is 14.9. The number of aromatic nitrogens is 2. The summed E-state index contributed by atoms with van der Waals surface area (Å²) in [4.78, 5) is 69.0. The van der Waals surface area contributed by atoms with Crippen LogP contribution in [0.5, 0.6) is 0 Å². The number of aryl methyl sites for hydroxylation is 2. The third-order valence-electron chi connectivity index (χ3n) is 15.0. The van der Waals surface area contributed by atoms with E-state index in [-0.39, 0.29) is 41.8 Å². The van der Waals surface area contributed by atoms with Gasteiger partial charge in [-0.25, -0.2) is 4.79 Å². The number of imide groups is 1. The summed E-state index contributed by atoms with van der Waals surface area (Å²) in [7, 11) is 1.72. The molecule has 4 amide bonds. The van der Waals surface area contributed by atoms with Crippen molar-refractivity contribution in [2.24, 2.45) is 13.0 Å². The number of nitrogens with one attached hydrogen (secondary N) is 4. The number of rotatable bonds is 12. The van der Waals surface area contributed by atoms with E-state index in [0.29, 0.717) is 35.9 Å². The highest BCUT2D eigenvalue weighted by molar-refractivity contribution is 6.00. The zero-order valence-corrected chi connectivity index (χ0v) is 39.9. The fourth-order valence-electron chi connectivity index (χ4n) is 10.9. The van der Waals surface area contributed by atoms with Gasteiger partial charge >= 0.3 is 5.69 Å². The van der Waals surface area contributed by atoms with E-state index in [0.717, 1.165) is 141 Å². The predicted octanol–water partition coefficient (Wildman–Crippen LogP) is 7.07. The number of piperidine rings is 4. The van der Waals surface area contributed by atoms with Crippen LogP contribution in [0.2, 0.25) is 0 Å². The molecule has 13 heteroatoms. The fourth-order valence-corrected chi connectivity index (χ4v) is 10.9. The van der Waals surface area contributed by atoms with Crippen molar-refractivity contribution in [3.63, 3.8) is 0 Å². The predicted molar refractivity (Wildman–Crippen MR) is 268 cm³/mol. The molecule has 1 unspecified atom stereocenters. The van der Waals surface area contributed by atoms with Crippen molar-refractivity contribution in [3.05, 3.63) is 111 Å². The first-order valence-corrected chi connectivity index (χ1v) is 25.0. The smallest absolute Gasteiger partial charge is 0.329 e. The quantitative estimate of drug-likeness (QED) is 0.0590. The Bertz CT molecular complexity index is 2810. The zero-order valence-electron chi connectivity index (χ0n) is 39.9. The Hall–Kier alpha value is -6.23. The van der Waals surface area contributed by atoms with E-state index < -0.39 is 11.9 Å². The number of fused-ring (bicyclic) bond motifs is 2. The molecule has 4 saturated heterocycles. The van der Waals surface area contributed by atoms with Crippen molar-refractivity contribution >= 4 is 51.1 Å². The number of amides is 4. The molecule has 4 aliphatic heterocycles. The minimum atomic E-state index is -0.703. The highest BCUT2D eigenvalue weighted by Gasteiger charge is 2.32. The highest BCUT2D eigenvalue weighted by atomic mass is 16.2. The summed E-state index contributed by atoms with van der Waals surface area (Å²) < 4.78 is 3.10. The number of unbranched alkanes of at least 4 members (excludes halogenated alkanes) is 1. The number of hydrogen-bond donors (Lipinski definition) is 4. The lowest BCUT2D eigenvalue weighted by molar-refractivity contribution is -0.136. The van der Waals surface area contributed by atoms with Gasteiger partial charge in [-0.05, 0) is 162 Å². The molecule has 1 aromatic heterocycles. The molecule has 4 fully saturated rings. The fraction of sp³-hybridized carbons (Fsp3) is 0.473. The average Bonchev–Trinajstić information content (AvgIpc) is 3.60. The number of carbonyl (C=O) groups is 4. The number of imidazole rings is 1. The van der Waals surface area contributed by atoms with Crippen LogP contribution in [0.25, 0.3) is 21.8 Å². The van der Waals surface area contributed by atoms with E-state index in [1.807, 2.05) is 36.1 Å². The van der Waals surface area contributed by atoms with Crippen LogP contribution in [0.15, 0.2) is 77.6 Å². The van der Waals surface area contributed by atoms with Crippen LogP contribution < -0.4 is 27.0 Å². The molecule has 4 aromatic carbocycles. The first kappa shape index (κ1) is 46.9. The molecule has 3 atom stereocenters. The van der Waals surface area contributed by atoms with Gasteiger partial charge in [0.2, 0.25) is 17.7 Å². The van der Waals surface area contributed by atoms with E-state index in [4.69, 9.17) is 0 Å². The summed E-state index contributed by atoms with van der Waals surface area (Å²) in [6, 6.07) is 24.2. The highest BCUT2D eigenvalue weighted by Crippen LogP contribution is 2.33. The Kier molecular flexibility index (Phi) is 14.4. The standard InChI is InChI=1S/C55H66N8O5/c1-36-13-18-42(58-43-9-8-27-56-35-43)34-47(36)53(66)57-37(2)44-19-16-40(45-10-4-5-11-46(44)45)15-14-38-23-29-61(30-24-38)28-7-6-12-52(65)62-31-25-39(26-32-62)41-17-20-48-50(33-41)60(3)55(68)63(48)49-21-22-51(64)59-54(49)67/h4-5,10-11,13,16-20,33-34,37-39,43,49,56,58H,6-9,12,21-32,35H2,1-3H3,(H,57,66)(H,59,64,67)/t37-,43-,49?/m1/s1. The number of carbonyl (C=O) groups excluding carboxylic acids is 4. The molecule has 0 bridgehead atoms. The molecule has 4 aliphatic rings. The molecule has 13 nitrogen and oxygen atoms in total. The normalized spacial score (nSPS) is 20.2. The molecule has 0 saturated carbocycles. The van der Waals surface area contributed by atoms with Gasteiger partial charge in [0.05, 0.1) is 17.1 Å². The number of anilines is 1. The van der Waals surface area contributed by atoms with Crippen LogP contribution in [0.4, 0.5) is 5.69 Å². The Labute approximate surface area is 399 Å². The monoisotopic (exact) mass is 919 g/mol. The van der Waals surface area contributed by atoms with Gasteiger partial charge in [0.25, 0.3) is 5.91 Å². The largest absolute Gasteiger partial charge is 0.381 e. The van der Waals surface area contributed by atoms with Gasteiger partial charge < -0.3 is 25.8 Å². The van der Waals surface area contributed by atoms with E-state index in [2.05, 4.69) is 93.5 Å². The molecule has 0 radical (unpaired) electrons. The molecule has 9 rings (SSSR count). The maximum Gasteiger partial charge on any atom is 0.329 e. The lowest BCUT2D eigenvalue weighted by Gasteiger charge is -2.32. The summed E-state index contributed by atoms with van der Waals surface area (Å²) in [5.41, 5.74) is 7.04. The lowest BCUT2D eigenvalue weighted by atomic mass is 9.89. The van der Waals surface area contributed by atoms with Crippen molar-refractivity contribution in [2.75, 3.05) is 51.1 Å². The van der Waals surface area contributed by atoms with Crippen LogP contribution in [-0.4, -0.2) is 94.4 Å². The number of benzene rings is 4. The van der Waals surface area contributed by atoms with Crippen LogP contribution in [0.1, 0.15) is 128 Å². The molecule has 5 aromatic rings. The van der Waals surface area contributed by atoms with E-state index >= 15 is 0 Å². The zero-order chi connectivity index (χ0) is 47.3. The molecule has 5 heterocycles. The number of likely N-dealkylation sites (tertiary alicyclic amines) is 2. The van der Waals surface area contributed by atoms with Crippen LogP contribution in [0, 0.1) is 24.7 Å². The van der Waals surface area contributed by atoms with E-state index in [1.165, 1.54) is 4.57 Å².